The Hall–Kier alpha value is -4.80. The van der Waals surface area contributed by atoms with Gasteiger partial charge in [0.15, 0.2) is 17.5 Å². The molecule has 0 unspecified atom stereocenters. The fraction of sp³-hybridized carbons (Fsp3) is 0.167. The van der Waals surface area contributed by atoms with Gasteiger partial charge in [-0.15, -0.1) is 20.1 Å². The molecular weight excluding hydrogens is 482 g/mol. The minimum absolute atomic E-state index is 0.00787. The van der Waals surface area contributed by atoms with Gasteiger partial charge < -0.3 is 20.1 Å². The van der Waals surface area contributed by atoms with Gasteiger partial charge in [0.1, 0.15) is 17.2 Å². The number of ether oxygens (including phenoxy) is 1. The van der Waals surface area contributed by atoms with E-state index in [1.165, 1.54) is 22.7 Å². The number of carbonyl (C=O) groups excluding carboxylic acids is 1. The van der Waals surface area contributed by atoms with Crippen LogP contribution < -0.4 is 20.6 Å². The molecular formula is C18H18N11O5S+. The fourth-order valence-electron chi connectivity index (χ4n) is 2.77. The number of carbonyl (C=O) groups is 2. The maximum absolute atomic E-state index is 12.9. The summed E-state index contributed by atoms with van der Waals surface area (Å²) in [6.07, 6.45) is 2.87. The standard InChI is InChI=1S/C18H17N11O5S/c1-28-9-21-24-18(28)35-8-11-14(22-27-29(11)16-15(19)25-34-26-16)17(32)23-20-6-10-4-2-3-5-12(10)33-7-13(30)31/h2-6,9H,7-8H2,1H3,(H4,19,23,25,30,31,32)/p+1/b20-6+. The van der Waals surface area contributed by atoms with E-state index in [0.717, 1.165) is 0 Å². The summed E-state index contributed by atoms with van der Waals surface area (Å²) in [5.74, 6) is -1.12. The summed E-state index contributed by atoms with van der Waals surface area (Å²) >= 11 is 1.30. The first-order valence-electron chi connectivity index (χ1n) is 9.75. The normalized spacial score (nSPS) is 11.1. The van der Waals surface area contributed by atoms with Crippen molar-refractivity contribution in [2.75, 3.05) is 12.3 Å². The summed E-state index contributed by atoms with van der Waals surface area (Å²) < 4.78 is 13.0. The van der Waals surface area contributed by atoms with Crippen LogP contribution in [0, 0.1) is 0 Å². The van der Waals surface area contributed by atoms with E-state index in [9.17, 15) is 9.59 Å². The Bertz CT molecular complexity index is 1380. The van der Waals surface area contributed by atoms with Crippen molar-refractivity contribution in [1.29, 1.82) is 0 Å². The highest BCUT2D eigenvalue weighted by molar-refractivity contribution is 7.98. The second kappa shape index (κ2) is 10.4. The Labute approximate surface area is 200 Å². The van der Waals surface area contributed by atoms with Crippen LogP contribution in [0.15, 0.2) is 45.5 Å². The molecule has 35 heavy (non-hydrogen) atoms. The third kappa shape index (κ3) is 5.41. The summed E-state index contributed by atoms with van der Waals surface area (Å²) in [4.78, 5) is 23.7. The van der Waals surface area contributed by atoms with Crippen molar-refractivity contribution in [3.8, 4) is 11.6 Å². The first kappa shape index (κ1) is 23.4. The van der Waals surface area contributed by atoms with E-state index in [0.29, 0.717) is 22.2 Å². The summed E-state index contributed by atoms with van der Waals surface area (Å²) in [7, 11) is 1.78. The van der Waals surface area contributed by atoms with Crippen LogP contribution in [0.2, 0.25) is 0 Å². The summed E-state index contributed by atoms with van der Waals surface area (Å²) in [6.45, 7) is -0.517. The van der Waals surface area contributed by atoms with Crippen molar-refractivity contribution >= 4 is 35.7 Å². The molecule has 3 aromatic heterocycles. The van der Waals surface area contributed by atoms with E-state index < -0.39 is 18.5 Å². The predicted octanol–water partition coefficient (Wildman–Crippen LogP) is -0.700. The van der Waals surface area contributed by atoms with Crippen LogP contribution in [0.25, 0.3) is 5.82 Å². The summed E-state index contributed by atoms with van der Waals surface area (Å²) in [5.41, 5.74) is 9.05. The van der Waals surface area contributed by atoms with Gasteiger partial charge in [-0.05, 0) is 22.4 Å². The lowest BCUT2D eigenvalue weighted by molar-refractivity contribution is -0.669. The number of anilines is 1. The third-order valence-electron chi connectivity index (χ3n) is 4.38. The number of para-hydroxylation sites is 1. The smallest absolute Gasteiger partial charge is 0.377 e. The molecule has 1 aromatic carbocycles. The summed E-state index contributed by atoms with van der Waals surface area (Å²) in [5, 5.41) is 35.2. The Balaban J connectivity index is 1.55. The van der Waals surface area contributed by atoms with E-state index in [1.54, 1.807) is 42.2 Å². The zero-order chi connectivity index (χ0) is 24.8. The zero-order valence-corrected chi connectivity index (χ0v) is 18.8. The number of amides is 1. The number of nitrogens with two attached hydrogens (primary N) is 1. The SMILES string of the molecule is Cn1cnnc1SCc1c(C(=O)N/N=C/c2ccccc2OCC(=O)O)n[nH][n+]1-c1nonc1N. The van der Waals surface area contributed by atoms with Gasteiger partial charge in [-0.1, -0.05) is 23.9 Å². The molecule has 0 spiro atoms. The number of aromatic amines is 1. The highest BCUT2D eigenvalue weighted by Crippen LogP contribution is 2.21. The van der Waals surface area contributed by atoms with Crippen molar-refractivity contribution < 1.29 is 28.7 Å². The lowest BCUT2D eigenvalue weighted by atomic mass is 10.2. The second-order valence-corrected chi connectivity index (χ2v) is 7.69. The third-order valence-corrected chi connectivity index (χ3v) is 5.42. The molecule has 0 aliphatic carbocycles. The number of hydrogen-bond donors (Lipinski definition) is 4. The Morgan fingerprint density at radius 1 is 1.40 bits per heavy atom. The van der Waals surface area contributed by atoms with E-state index in [4.69, 9.17) is 15.6 Å². The number of thioether (sulfide) groups is 1. The number of H-pyrrole nitrogens is 1. The predicted molar refractivity (Wildman–Crippen MR) is 118 cm³/mol. The van der Waals surface area contributed by atoms with Crippen LogP contribution >= 0.6 is 11.8 Å². The molecule has 180 valence electrons. The number of carboxylic acids is 1. The number of nitrogens with one attached hydrogen (secondary N) is 2. The molecule has 0 radical (unpaired) electrons. The first-order chi connectivity index (χ1) is 16.9. The number of aryl methyl sites for hydroxylation is 1. The van der Waals surface area contributed by atoms with E-state index >= 15 is 0 Å². The van der Waals surface area contributed by atoms with E-state index in [2.05, 4.69) is 46.0 Å². The minimum atomic E-state index is -1.12. The van der Waals surface area contributed by atoms with Crippen molar-refractivity contribution in [1.82, 2.24) is 40.8 Å². The topological polar surface area (TPSA) is 216 Å². The molecule has 1 amide bonds. The molecule has 0 bridgehead atoms. The molecule has 0 saturated heterocycles. The van der Waals surface area contributed by atoms with Crippen LogP contribution in [-0.2, 0) is 17.6 Å². The number of carboxylic acid groups (broad SMARTS) is 1. The monoisotopic (exact) mass is 500 g/mol. The van der Waals surface area contributed by atoms with Crippen molar-refractivity contribution in [2.45, 2.75) is 10.9 Å². The quantitative estimate of drug-likeness (QED) is 0.0920. The Morgan fingerprint density at radius 3 is 2.94 bits per heavy atom. The molecule has 3 heterocycles. The lowest BCUT2D eigenvalue weighted by Crippen LogP contribution is -2.38. The van der Waals surface area contributed by atoms with Crippen molar-refractivity contribution in [2.24, 2.45) is 12.1 Å². The number of rotatable bonds is 10. The van der Waals surface area contributed by atoms with Crippen LogP contribution in [-0.4, -0.2) is 65.2 Å². The minimum Gasteiger partial charge on any atom is -0.481 e. The Morgan fingerprint density at radius 2 is 2.23 bits per heavy atom. The van der Waals surface area contributed by atoms with Crippen LogP contribution in [0.5, 0.6) is 5.75 Å². The van der Waals surface area contributed by atoms with Crippen molar-refractivity contribution in [3.63, 3.8) is 0 Å². The highest BCUT2D eigenvalue weighted by Gasteiger charge is 2.30. The average molecular weight is 500 g/mol. The van der Waals surface area contributed by atoms with Gasteiger partial charge in [0, 0.05) is 12.6 Å². The molecule has 0 aliphatic heterocycles. The molecule has 0 aliphatic rings. The van der Waals surface area contributed by atoms with Crippen LogP contribution in [0.1, 0.15) is 21.7 Å². The van der Waals surface area contributed by atoms with E-state index in [1.807, 2.05) is 0 Å². The van der Waals surface area contributed by atoms with Crippen molar-refractivity contribution in [3.05, 3.63) is 47.5 Å². The van der Waals surface area contributed by atoms with Crippen LogP contribution in [0.3, 0.4) is 0 Å². The van der Waals surface area contributed by atoms with Gasteiger partial charge in [0.05, 0.1) is 12.0 Å². The molecule has 0 atom stereocenters. The number of aromatic nitrogens is 8. The number of hydrazone groups is 1. The highest BCUT2D eigenvalue weighted by atomic mass is 32.2. The van der Waals surface area contributed by atoms with Gasteiger partial charge in [-0.25, -0.2) is 10.2 Å². The number of aliphatic carboxylic acids is 1. The van der Waals surface area contributed by atoms with Gasteiger partial charge in [0.25, 0.3) is 11.5 Å². The number of nitrogen functional groups attached to an aromatic ring is 1. The molecule has 4 aromatic rings. The maximum Gasteiger partial charge on any atom is 0.377 e. The van der Waals surface area contributed by atoms with E-state index in [-0.39, 0.29) is 23.1 Å². The number of nitrogens with zero attached hydrogens (tertiary/aromatic N) is 8. The Kier molecular flexibility index (Phi) is 6.96. The molecule has 0 saturated carbocycles. The van der Waals surface area contributed by atoms with Gasteiger partial charge >= 0.3 is 17.7 Å². The fourth-order valence-corrected chi connectivity index (χ4v) is 3.66. The first-order valence-corrected chi connectivity index (χ1v) is 10.7. The molecule has 4 rings (SSSR count). The zero-order valence-electron chi connectivity index (χ0n) is 18.0. The number of benzene rings is 1. The van der Waals surface area contributed by atoms with Gasteiger partial charge in [-0.2, -0.15) is 9.73 Å². The largest absolute Gasteiger partial charge is 0.481 e. The van der Waals surface area contributed by atoms with Gasteiger partial charge in [0.2, 0.25) is 0 Å². The number of hydrogen-bond acceptors (Lipinski definition) is 12. The molecule has 17 heteroatoms. The summed E-state index contributed by atoms with van der Waals surface area (Å²) in [6, 6.07) is 6.63. The maximum atomic E-state index is 12.9. The second-order valence-electron chi connectivity index (χ2n) is 6.75. The average Bonchev–Trinajstić information content (AvgIpc) is 3.56. The van der Waals surface area contributed by atoms with Crippen LogP contribution in [0.4, 0.5) is 5.82 Å². The molecule has 16 nitrogen and oxygen atoms in total. The van der Waals surface area contributed by atoms with Gasteiger partial charge in [-0.3, -0.25) is 4.79 Å². The molecule has 5 N–H and O–H groups in total. The lowest BCUT2D eigenvalue weighted by Gasteiger charge is -2.06. The molecule has 0 fully saturated rings.